The van der Waals surface area contributed by atoms with E-state index in [4.69, 9.17) is 0 Å². The van der Waals surface area contributed by atoms with Crippen LogP contribution in [-0.2, 0) is 10.2 Å². The molecule has 6 heteroatoms. The van der Waals surface area contributed by atoms with Crippen LogP contribution in [0.25, 0.3) is 0 Å². The topological polar surface area (TPSA) is 52.7 Å². The van der Waals surface area contributed by atoms with Gasteiger partial charge in [-0.2, -0.15) is 17.0 Å². The Kier molecular flexibility index (Phi) is 5.84. The van der Waals surface area contributed by atoms with Gasteiger partial charge in [0.1, 0.15) is 0 Å². The Morgan fingerprint density at radius 3 is 2.20 bits per heavy atom. The Balaban J connectivity index is 1.96. The van der Waals surface area contributed by atoms with Crippen LogP contribution in [0.2, 0.25) is 0 Å². The van der Waals surface area contributed by atoms with Gasteiger partial charge in [-0.05, 0) is 25.7 Å². The summed E-state index contributed by atoms with van der Waals surface area (Å²) in [5.41, 5.74) is 0. The molecule has 2 aliphatic rings. The van der Waals surface area contributed by atoms with Crippen LogP contribution in [0.1, 0.15) is 51.4 Å². The molecular weight excluding hydrogens is 274 g/mol. The highest BCUT2D eigenvalue weighted by atomic mass is 32.2. The molecule has 1 atom stereocenters. The molecule has 2 rings (SSSR count). The summed E-state index contributed by atoms with van der Waals surface area (Å²) >= 11 is 0. The van der Waals surface area contributed by atoms with E-state index in [9.17, 15) is 8.42 Å². The van der Waals surface area contributed by atoms with Crippen LogP contribution in [0.15, 0.2) is 0 Å². The lowest BCUT2D eigenvalue weighted by molar-refractivity contribution is 0.296. The average molecular weight is 303 g/mol. The Morgan fingerprint density at radius 2 is 1.55 bits per heavy atom. The first-order chi connectivity index (χ1) is 9.50. The maximum absolute atomic E-state index is 12.3. The van der Waals surface area contributed by atoms with Gasteiger partial charge in [-0.3, -0.25) is 0 Å². The quantitative estimate of drug-likeness (QED) is 0.858. The summed E-state index contributed by atoms with van der Waals surface area (Å²) in [6, 6.07) is 0.908. The maximum Gasteiger partial charge on any atom is 0.281 e. The van der Waals surface area contributed by atoms with Gasteiger partial charge in [0.2, 0.25) is 0 Å². The predicted octanol–water partition coefficient (Wildman–Crippen LogP) is 1.57. The van der Waals surface area contributed by atoms with Crippen molar-refractivity contribution in [1.29, 1.82) is 0 Å². The molecule has 5 nitrogen and oxygen atoms in total. The van der Waals surface area contributed by atoms with Gasteiger partial charge in [-0.1, -0.05) is 25.7 Å². The van der Waals surface area contributed by atoms with Crippen molar-refractivity contribution in [1.82, 2.24) is 13.9 Å². The largest absolute Gasteiger partial charge is 0.310 e. The van der Waals surface area contributed by atoms with Gasteiger partial charge in [-0.25, -0.2) is 0 Å². The second-order valence-corrected chi connectivity index (χ2v) is 8.48. The molecule has 0 aromatic rings. The molecule has 0 radical (unpaired) electrons. The van der Waals surface area contributed by atoms with E-state index in [0.29, 0.717) is 25.2 Å². The van der Waals surface area contributed by atoms with Crippen molar-refractivity contribution in [2.24, 2.45) is 0 Å². The first kappa shape index (κ1) is 16.2. The smallest absolute Gasteiger partial charge is 0.281 e. The fourth-order valence-corrected chi connectivity index (χ4v) is 4.48. The molecule has 1 saturated carbocycles. The van der Waals surface area contributed by atoms with Crippen LogP contribution < -0.4 is 5.32 Å². The van der Waals surface area contributed by atoms with Crippen LogP contribution >= 0.6 is 0 Å². The Labute approximate surface area is 123 Å². The second-order valence-electron chi connectivity index (χ2n) is 6.34. The van der Waals surface area contributed by atoms with Crippen molar-refractivity contribution in [3.8, 4) is 0 Å². The van der Waals surface area contributed by atoms with Gasteiger partial charge in [0.05, 0.1) is 0 Å². The molecule has 0 aromatic heterocycles. The zero-order valence-electron chi connectivity index (χ0n) is 12.8. The minimum atomic E-state index is -3.27. The van der Waals surface area contributed by atoms with E-state index >= 15 is 0 Å². The molecule has 1 aliphatic heterocycles. The summed E-state index contributed by atoms with van der Waals surface area (Å²) in [6.07, 6.45) is 9.64. The van der Waals surface area contributed by atoms with E-state index in [1.54, 1.807) is 18.4 Å². The summed E-state index contributed by atoms with van der Waals surface area (Å²) in [7, 11) is -0.0406. The van der Waals surface area contributed by atoms with E-state index < -0.39 is 10.2 Å². The van der Waals surface area contributed by atoms with Crippen molar-refractivity contribution in [3.63, 3.8) is 0 Å². The highest BCUT2D eigenvalue weighted by molar-refractivity contribution is 7.86. The number of hydrogen-bond acceptors (Lipinski definition) is 3. The summed E-state index contributed by atoms with van der Waals surface area (Å²) in [6.45, 7) is 1.28. The van der Waals surface area contributed by atoms with E-state index in [1.165, 1.54) is 36.4 Å². The van der Waals surface area contributed by atoms with Crippen LogP contribution in [0.4, 0.5) is 0 Å². The van der Waals surface area contributed by atoms with Crippen molar-refractivity contribution in [3.05, 3.63) is 0 Å². The van der Waals surface area contributed by atoms with Gasteiger partial charge >= 0.3 is 0 Å². The van der Waals surface area contributed by atoms with Crippen molar-refractivity contribution in [2.75, 3.05) is 27.2 Å². The van der Waals surface area contributed by atoms with Crippen LogP contribution in [0.3, 0.4) is 0 Å². The fourth-order valence-electron chi connectivity index (χ4n) is 3.29. The van der Waals surface area contributed by atoms with Gasteiger partial charge in [0.25, 0.3) is 10.2 Å². The molecule has 1 saturated heterocycles. The third kappa shape index (κ3) is 4.16. The standard InChI is InChI=1S/C14H29N3O2S/c1-16(2)20(18,19)17-11-7-6-10-14(12-17)15-13-8-4-3-5-9-13/h13-15H,3-12H2,1-2H3/t14-/m0/s1. The zero-order chi connectivity index (χ0) is 14.6. The van der Waals surface area contributed by atoms with Crippen LogP contribution in [-0.4, -0.2) is 56.3 Å². The van der Waals surface area contributed by atoms with E-state index in [1.807, 2.05) is 0 Å². The molecule has 2 fully saturated rings. The Morgan fingerprint density at radius 1 is 0.950 bits per heavy atom. The molecule has 1 N–H and O–H groups in total. The molecule has 0 aromatic carbocycles. The maximum atomic E-state index is 12.3. The molecular formula is C14H29N3O2S. The summed E-state index contributed by atoms with van der Waals surface area (Å²) < 4.78 is 27.6. The van der Waals surface area contributed by atoms with Gasteiger partial charge < -0.3 is 5.32 Å². The van der Waals surface area contributed by atoms with Gasteiger partial charge in [0.15, 0.2) is 0 Å². The molecule has 0 bridgehead atoms. The third-order valence-electron chi connectivity index (χ3n) is 4.50. The fraction of sp³-hybridized carbons (Fsp3) is 1.00. The lowest BCUT2D eigenvalue weighted by atomic mass is 9.94. The summed E-state index contributed by atoms with van der Waals surface area (Å²) in [5, 5.41) is 3.71. The van der Waals surface area contributed by atoms with Crippen molar-refractivity contribution >= 4 is 10.2 Å². The zero-order valence-corrected chi connectivity index (χ0v) is 13.7. The van der Waals surface area contributed by atoms with Crippen LogP contribution in [0.5, 0.6) is 0 Å². The number of nitrogens with one attached hydrogen (secondary N) is 1. The van der Waals surface area contributed by atoms with Crippen molar-refractivity contribution < 1.29 is 8.42 Å². The van der Waals surface area contributed by atoms with Crippen molar-refractivity contribution in [2.45, 2.75) is 63.5 Å². The number of hydrogen-bond donors (Lipinski definition) is 1. The lowest BCUT2D eigenvalue weighted by Gasteiger charge is -2.31. The molecule has 0 amide bonds. The molecule has 20 heavy (non-hydrogen) atoms. The first-order valence-corrected chi connectivity index (χ1v) is 9.33. The highest BCUT2D eigenvalue weighted by Crippen LogP contribution is 2.21. The lowest BCUT2D eigenvalue weighted by Crippen LogP contribution is -2.49. The number of rotatable bonds is 4. The Bertz CT molecular complexity index is 391. The normalized spacial score (nSPS) is 27.6. The Hall–Kier alpha value is -0.170. The summed E-state index contributed by atoms with van der Waals surface area (Å²) in [4.78, 5) is 0. The minimum absolute atomic E-state index is 0.315. The van der Waals surface area contributed by atoms with E-state index in [2.05, 4.69) is 5.32 Å². The van der Waals surface area contributed by atoms with Gasteiger partial charge in [-0.15, -0.1) is 0 Å². The van der Waals surface area contributed by atoms with Gasteiger partial charge in [0, 0.05) is 39.3 Å². The molecule has 0 unspecified atom stereocenters. The molecule has 1 aliphatic carbocycles. The molecule has 0 spiro atoms. The highest BCUT2D eigenvalue weighted by Gasteiger charge is 2.30. The SMILES string of the molecule is CN(C)S(=O)(=O)N1CCCC[C@H](NC2CCCCC2)C1. The van der Waals surface area contributed by atoms with E-state index in [0.717, 1.165) is 19.3 Å². The van der Waals surface area contributed by atoms with Crippen LogP contribution in [0, 0.1) is 0 Å². The second kappa shape index (κ2) is 7.20. The molecule has 1 heterocycles. The first-order valence-electron chi connectivity index (χ1n) is 7.94. The van der Waals surface area contributed by atoms with E-state index in [-0.39, 0.29) is 0 Å². The third-order valence-corrected chi connectivity index (χ3v) is 6.41. The summed E-state index contributed by atoms with van der Waals surface area (Å²) in [5.74, 6) is 0. The minimum Gasteiger partial charge on any atom is -0.310 e. The average Bonchev–Trinajstić information content (AvgIpc) is 2.66. The predicted molar refractivity (Wildman–Crippen MR) is 81.8 cm³/mol. The molecule has 118 valence electrons. The number of nitrogens with zero attached hydrogens (tertiary/aromatic N) is 2. The monoisotopic (exact) mass is 303 g/mol.